The molecular weight excluding hydrogens is 308 g/mol. The molecule has 0 atom stereocenters. The summed E-state index contributed by atoms with van der Waals surface area (Å²) in [6.07, 6.45) is 3.76. The zero-order chi connectivity index (χ0) is 15.3. The van der Waals surface area contributed by atoms with Gasteiger partial charge in [0.25, 0.3) is 10.2 Å². The molecule has 1 saturated heterocycles. The Labute approximate surface area is 132 Å². The van der Waals surface area contributed by atoms with Crippen LogP contribution in [0.25, 0.3) is 0 Å². The molecule has 1 aliphatic heterocycles. The molecule has 0 aliphatic carbocycles. The largest absolute Gasteiger partial charge is 0.282 e. The topological polar surface area (TPSA) is 40.6 Å². The summed E-state index contributed by atoms with van der Waals surface area (Å²) in [4.78, 5) is 0. The van der Waals surface area contributed by atoms with Gasteiger partial charge >= 0.3 is 0 Å². The summed E-state index contributed by atoms with van der Waals surface area (Å²) in [7, 11) is -3.36. The van der Waals surface area contributed by atoms with E-state index in [1.54, 1.807) is 14.7 Å². The molecule has 0 spiro atoms. The SMILES string of the molecule is CCCCN(Cc1cccc(Cl)c1)S(=O)(=O)N1CCCC1. The van der Waals surface area contributed by atoms with Crippen molar-refractivity contribution < 1.29 is 8.42 Å². The van der Waals surface area contributed by atoms with Crippen LogP contribution < -0.4 is 0 Å². The lowest BCUT2D eigenvalue weighted by Gasteiger charge is -2.27. The summed E-state index contributed by atoms with van der Waals surface area (Å²) in [6, 6.07) is 7.42. The third-order valence-electron chi connectivity index (χ3n) is 3.73. The molecule has 1 aromatic rings. The van der Waals surface area contributed by atoms with Crippen molar-refractivity contribution in [2.75, 3.05) is 19.6 Å². The Bertz CT molecular complexity index is 557. The van der Waals surface area contributed by atoms with Crippen molar-refractivity contribution in [3.05, 3.63) is 34.9 Å². The van der Waals surface area contributed by atoms with Crippen molar-refractivity contribution in [1.29, 1.82) is 0 Å². The average Bonchev–Trinajstić information content (AvgIpc) is 2.98. The smallest absolute Gasteiger partial charge is 0.195 e. The normalized spacial score (nSPS) is 16.7. The predicted molar refractivity (Wildman–Crippen MR) is 86.5 cm³/mol. The van der Waals surface area contributed by atoms with Gasteiger partial charge < -0.3 is 0 Å². The van der Waals surface area contributed by atoms with E-state index in [0.29, 0.717) is 31.2 Å². The van der Waals surface area contributed by atoms with Crippen LogP contribution >= 0.6 is 11.6 Å². The van der Waals surface area contributed by atoms with Crippen LogP contribution in [-0.2, 0) is 16.8 Å². The van der Waals surface area contributed by atoms with E-state index in [-0.39, 0.29) is 0 Å². The van der Waals surface area contributed by atoms with Crippen molar-refractivity contribution in [1.82, 2.24) is 8.61 Å². The van der Waals surface area contributed by atoms with Crippen LogP contribution in [-0.4, -0.2) is 36.7 Å². The Morgan fingerprint density at radius 2 is 2.00 bits per heavy atom. The number of halogens is 1. The number of unbranched alkanes of at least 4 members (excludes halogenated alkanes) is 1. The maximum absolute atomic E-state index is 12.7. The van der Waals surface area contributed by atoms with E-state index in [4.69, 9.17) is 11.6 Å². The van der Waals surface area contributed by atoms with Gasteiger partial charge in [0.2, 0.25) is 0 Å². The molecule has 6 heteroatoms. The van der Waals surface area contributed by atoms with Gasteiger partial charge in [-0.15, -0.1) is 0 Å². The van der Waals surface area contributed by atoms with Crippen LogP contribution in [0.15, 0.2) is 24.3 Å². The van der Waals surface area contributed by atoms with Crippen molar-refractivity contribution in [3.63, 3.8) is 0 Å². The Balaban J connectivity index is 2.17. The van der Waals surface area contributed by atoms with Gasteiger partial charge in [-0.05, 0) is 37.0 Å². The second-order valence-electron chi connectivity index (χ2n) is 5.43. The standard InChI is InChI=1S/C15H23ClN2O2S/c1-2-3-9-18(13-14-7-6-8-15(16)12-14)21(19,20)17-10-4-5-11-17/h6-8,12H,2-5,9-11,13H2,1H3. The molecule has 0 saturated carbocycles. The zero-order valence-electron chi connectivity index (χ0n) is 12.5. The van der Waals surface area contributed by atoms with E-state index >= 15 is 0 Å². The van der Waals surface area contributed by atoms with Gasteiger partial charge in [0, 0.05) is 31.2 Å². The van der Waals surface area contributed by atoms with Crippen LogP contribution in [0.5, 0.6) is 0 Å². The number of hydrogen-bond acceptors (Lipinski definition) is 2. The maximum Gasteiger partial charge on any atom is 0.282 e. The lowest BCUT2D eigenvalue weighted by molar-refractivity contribution is 0.350. The minimum Gasteiger partial charge on any atom is -0.195 e. The molecule has 0 amide bonds. The summed E-state index contributed by atoms with van der Waals surface area (Å²) in [5.41, 5.74) is 0.932. The van der Waals surface area contributed by atoms with Gasteiger partial charge in [-0.25, -0.2) is 0 Å². The molecule has 1 aliphatic rings. The second kappa shape index (κ2) is 7.58. The number of hydrogen-bond donors (Lipinski definition) is 0. The zero-order valence-corrected chi connectivity index (χ0v) is 14.0. The molecule has 21 heavy (non-hydrogen) atoms. The summed E-state index contributed by atoms with van der Waals surface area (Å²) in [5, 5.41) is 0.640. The first kappa shape index (κ1) is 16.7. The van der Waals surface area contributed by atoms with Gasteiger partial charge in [0.1, 0.15) is 0 Å². The fraction of sp³-hybridized carbons (Fsp3) is 0.600. The van der Waals surface area contributed by atoms with Crippen LogP contribution in [0.2, 0.25) is 5.02 Å². The summed E-state index contributed by atoms with van der Waals surface area (Å²) >= 11 is 6.00. The highest BCUT2D eigenvalue weighted by atomic mass is 35.5. The summed E-state index contributed by atoms with van der Waals surface area (Å²) < 4.78 is 28.7. The fourth-order valence-electron chi connectivity index (χ4n) is 2.53. The first-order chi connectivity index (χ1) is 10.0. The first-order valence-corrected chi connectivity index (χ1v) is 9.31. The monoisotopic (exact) mass is 330 g/mol. The molecule has 0 bridgehead atoms. The number of nitrogens with zero attached hydrogens (tertiary/aromatic N) is 2. The third-order valence-corrected chi connectivity index (χ3v) is 5.94. The Morgan fingerprint density at radius 1 is 1.29 bits per heavy atom. The Hall–Kier alpha value is -0.620. The van der Waals surface area contributed by atoms with Crippen molar-refractivity contribution in [3.8, 4) is 0 Å². The Morgan fingerprint density at radius 3 is 2.62 bits per heavy atom. The predicted octanol–water partition coefficient (Wildman–Crippen LogP) is 3.28. The van der Waals surface area contributed by atoms with Gasteiger partial charge in [0.15, 0.2) is 0 Å². The highest BCUT2D eigenvalue weighted by Crippen LogP contribution is 2.20. The van der Waals surface area contributed by atoms with Crippen LogP contribution in [0.1, 0.15) is 38.2 Å². The molecule has 1 heterocycles. The van der Waals surface area contributed by atoms with Gasteiger partial charge in [-0.3, -0.25) is 0 Å². The van der Waals surface area contributed by atoms with E-state index in [2.05, 4.69) is 6.92 Å². The quantitative estimate of drug-likeness (QED) is 0.769. The average molecular weight is 331 g/mol. The molecule has 118 valence electrons. The van der Waals surface area contributed by atoms with Crippen LogP contribution in [0.3, 0.4) is 0 Å². The van der Waals surface area contributed by atoms with E-state index in [0.717, 1.165) is 31.2 Å². The van der Waals surface area contributed by atoms with Crippen molar-refractivity contribution >= 4 is 21.8 Å². The minimum atomic E-state index is -3.36. The molecule has 0 unspecified atom stereocenters. The molecule has 1 aromatic carbocycles. The van der Waals surface area contributed by atoms with Crippen LogP contribution in [0, 0.1) is 0 Å². The lowest BCUT2D eigenvalue weighted by Crippen LogP contribution is -2.42. The lowest BCUT2D eigenvalue weighted by atomic mass is 10.2. The van der Waals surface area contributed by atoms with Gasteiger partial charge in [-0.2, -0.15) is 17.0 Å². The minimum absolute atomic E-state index is 0.388. The highest BCUT2D eigenvalue weighted by Gasteiger charge is 2.31. The molecule has 0 radical (unpaired) electrons. The Kier molecular flexibility index (Phi) is 6.05. The fourth-order valence-corrected chi connectivity index (χ4v) is 4.46. The van der Waals surface area contributed by atoms with E-state index < -0.39 is 10.2 Å². The summed E-state index contributed by atoms with van der Waals surface area (Å²) in [5.74, 6) is 0. The van der Waals surface area contributed by atoms with Gasteiger partial charge in [0.05, 0.1) is 0 Å². The first-order valence-electron chi connectivity index (χ1n) is 7.53. The number of benzene rings is 1. The second-order valence-corrected chi connectivity index (χ2v) is 7.80. The van der Waals surface area contributed by atoms with Crippen molar-refractivity contribution in [2.24, 2.45) is 0 Å². The number of rotatable bonds is 7. The molecule has 0 N–H and O–H groups in total. The van der Waals surface area contributed by atoms with E-state index in [9.17, 15) is 8.42 Å². The molecular formula is C15H23ClN2O2S. The van der Waals surface area contributed by atoms with E-state index in [1.165, 1.54) is 0 Å². The van der Waals surface area contributed by atoms with Crippen LogP contribution in [0.4, 0.5) is 0 Å². The molecule has 0 aromatic heterocycles. The van der Waals surface area contributed by atoms with E-state index in [1.807, 2.05) is 18.2 Å². The maximum atomic E-state index is 12.7. The molecule has 4 nitrogen and oxygen atoms in total. The third kappa shape index (κ3) is 4.42. The molecule has 1 fully saturated rings. The summed E-state index contributed by atoms with van der Waals surface area (Å²) in [6.45, 7) is 4.29. The molecule has 2 rings (SSSR count). The highest BCUT2D eigenvalue weighted by molar-refractivity contribution is 7.86. The van der Waals surface area contributed by atoms with Gasteiger partial charge in [-0.1, -0.05) is 37.1 Å². The van der Waals surface area contributed by atoms with Crippen molar-refractivity contribution in [2.45, 2.75) is 39.2 Å².